The van der Waals surface area contributed by atoms with Crippen LogP contribution in [0.2, 0.25) is 0 Å². The standard InChI is InChI=1S/C12H24N2O7/c1-3-6(14)8(16)10(11(18)19-3)21-12-9(17)7(15)5(13)4(2)20-12/h3-12,15-18H,13-14H2,1-2H3/t3-,4-,5-,6-,7+,8+,9+,10+,11+,12-/m1/s1. The van der Waals surface area contributed by atoms with E-state index >= 15 is 0 Å². The molecular formula is C12H24N2O7. The van der Waals surface area contributed by atoms with Crippen LogP contribution < -0.4 is 11.5 Å². The smallest absolute Gasteiger partial charge is 0.187 e. The quantitative estimate of drug-likeness (QED) is 0.305. The first-order chi connectivity index (χ1) is 9.73. The lowest BCUT2D eigenvalue weighted by atomic mass is 9.96. The second-order valence-corrected chi connectivity index (χ2v) is 5.67. The van der Waals surface area contributed by atoms with Crippen LogP contribution in [0.3, 0.4) is 0 Å². The van der Waals surface area contributed by atoms with Crippen molar-refractivity contribution in [3.63, 3.8) is 0 Å². The molecule has 0 saturated carbocycles. The maximum Gasteiger partial charge on any atom is 0.187 e. The van der Waals surface area contributed by atoms with E-state index in [0.29, 0.717) is 0 Å². The monoisotopic (exact) mass is 308 g/mol. The van der Waals surface area contributed by atoms with Crippen molar-refractivity contribution < 1.29 is 34.6 Å². The van der Waals surface area contributed by atoms with Crippen LogP contribution in [-0.2, 0) is 14.2 Å². The Hall–Kier alpha value is -0.360. The van der Waals surface area contributed by atoms with Gasteiger partial charge in [-0.2, -0.15) is 0 Å². The molecule has 21 heavy (non-hydrogen) atoms. The fraction of sp³-hybridized carbons (Fsp3) is 1.00. The Morgan fingerprint density at radius 2 is 1.33 bits per heavy atom. The van der Waals surface area contributed by atoms with E-state index in [1.807, 2.05) is 0 Å². The van der Waals surface area contributed by atoms with Crippen molar-refractivity contribution in [2.45, 2.75) is 75.1 Å². The van der Waals surface area contributed by atoms with E-state index in [4.69, 9.17) is 25.7 Å². The largest absolute Gasteiger partial charge is 0.388 e. The summed E-state index contributed by atoms with van der Waals surface area (Å²) in [7, 11) is 0. The van der Waals surface area contributed by atoms with Gasteiger partial charge in [0.25, 0.3) is 0 Å². The number of hydrogen-bond donors (Lipinski definition) is 6. The van der Waals surface area contributed by atoms with E-state index in [2.05, 4.69) is 0 Å². The summed E-state index contributed by atoms with van der Waals surface area (Å²) in [5.74, 6) is 0. The highest BCUT2D eigenvalue weighted by atomic mass is 16.7. The molecule has 0 aromatic carbocycles. The van der Waals surface area contributed by atoms with Crippen molar-refractivity contribution in [3.8, 4) is 0 Å². The van der Waals surface area contributed by atoms with Crippen molar-refractivity contribution in [1.29, 1.82) is 0 Å². The van der Waals surface area contributed by atoms with Crippen LogP contribution in [0.5, 0.6) is 0 Å². The average molecular weight is 308 g/mol. The van der Waals surface area contributed by atoms with Crippen molar-refractivity contribution in [3.05, 3.63) is 0 Å². The zero-order valence-electron chi connectivity index (χ0n) is 11.9. The first-order valence-corrected chi connectivity index (χ1v) is 6.94. The number of aliphatic hydroxyl groups is 4. The topological polar surface area (TPSA) is 161 Å². The Morgan fingerprint density at radius 3 is 1.95 bits per heavy atom. The van der Waals surface area contributed by atoms with Gasteiger partial charge >= 0.3 is 0 Å². The molecule has 2 aliphatic heterocycles. The SMILES string of the molecule is C[C@H]1O[C@H](O[C@H]2[C@@H](O)[C@H](N)[C@@H](C)O[C@@H]2O)[C@@H](O)[C@@H](O)[C@@H]1N. The lowest BCUT2D eigenvalue weighted by molar-refractivity contribution is -0.337. The molecule has 0 aromatic heterocycles. The first-order valence-electron chi connectivity index (χ1n) is 6.94. The van der Waals surface area contributed by atoms with Crippen molar-refractivity contribution in [2.24, 2.45) is 11.5 Å². The summed E-state index contributed by atoms with van der Waals surface area (Å²) in [5.41, 5.74) is 11.4. The molecule has 0 bridgehead atoms. The van der Waals surface area contributed by atoms with Gasteiger partial charge in [-0.1, -0.05) is 0 Å². The second kappa shape index (κ2) is 6.41. The molecule has 0 unspecified atom stereocenters. The lowest BCUT2D eigenvalue weighted by Crippen LogP contribution is -2.65. The second-order valence-electron chi connectivity index (χ2n) is 5.67. The van der Waals surface area contributed by atoms with E-state index in [1.165, 1.54) is 0 Å². The van der Waals surface area contributed by atoms with Crippen LogP contribution in [-0.4, -0.2) is 81.7 Å². The molecule has 2 heterocycles. The normalized spacial score (nSPS) is 55.4. The third-order valence-corrected chi connectivity index (χ3v) is 4.11. The molecule has 2 aliphatic rings. The van der Waals surface area contributed by atoms with Crippen molar-refractivity contribution in [1.82, 2.24) is 0 Å². The van der Waals surface area contributed by atoms with Crippen LogP contribution in [0.1, 0.15) is 13.8 Å². The minimum Gasteiger partial charge on any atom is -0.388 e. The van der Waals surface area contributed by atoms with Crippen LogP contribution in [0.4, 0.5) is 0 Å². The van der Waals surface area contributed by atoms with Gasteiger partial charge in [-0.05, 0) is 13.8 Å². The molecule has 0 aliphatic carbocycles. The molecule has 9 heteroatoms. The highest BCUT2D eigenvalue weighted by Gasteiger charge is 2.47. The average Bonchev–Trinajstić information content (AvgIpc) is 2.44. The predicted molar refractivity (Wildman–Crippen MR) is 69.7 cm³/mol. The minimum absolute atomic E-state index is 0.551. The van der Waals surface area contributed by atoms with E-state index < -0.39 is 61.3 Å². The molecule has 2 rings (SSSR count). The minimum atomic E-state index is -1.42. The molecule has 2 fully saturated rings. The molecule has 0 radical (unpaired) electrons. The molecule has 8 N–H and O–H groups in total. The first kappa shape index (κ1) is 17.0. The Morgan fingerprint density at radius 1 is 0.810 bits per heavy atom. The molecule has 2 saturated heterocycles. The lowest BCUT2D eigenvalue weighted by Gasteiger charge is -2.45. The summed E-state index contributed by atoms with van der Waals surface area (Å²) in [6, 6.07) is -1.52. The summed E-state index contributed by atoms with van der Waals surface area (Å²) in [4.78, 5) is 0. The van der Waals surface area contributed by atoms with Gasteiger partial charge in [0.2, 0.25) is 0 Å². The van der Waals surface area contributed by atoms with Gasteiger partial charge in [0.05, 0.1) is 24.3 Å². The number of hydrogen-bond acceptors (Lipinski definition) is 9. The van der Waals surface area contributed by atoms with Crippen molar-refractivity contribution in [2.75, 3.05) is 0 Å². The van der Waals surface area contributed by atoms with Crippen LogP contribution in [0.25, 0.3) is 0 Å². The Labute approximate surface area is 122 Å². The Balaban J connectivity index is 2.06. The van der Waals surface area contributed by atoms with Gasteiger partial charge in [0.15, 0.2) is 12.6 Å². The van der Waals surface area contributed by atoms with Crippen LogP contribution >= 0.6 is 0 Å². The fourth-order valence-electron chi connectivity index (χ4n) is 2.52. The molecule has 0 amide bonds. The summed E-state index contributed by atoms with van der Waals surface area (Å²) in [6.07, 6.45) is -8.87. The highest BCUT2D eigenvalue weighted by Crippen LogP contribution is 2.27. The van der Waals surface area contributed by atoms with Gasteiger partial charge in [0.1, 0.15) is 24.4 Å². The molecule has 124 valence electrons. The van der Waals surface area contributed by atoms with Crippen LogP contribution in [0.15, 0.2) is 0 Å². The number of ether oxygens (including phenoxy) is 3. The predicted octanol–water partition coefficient (Wildman–Crippen LogP) is -3.41. The maximum atomic E-state index is 10.1. The van der Waals surface area contributed by atoms with Crippen molar-refractivity contribution >= 4 is 0 Å². The summed E-state index contributed by atoms with van der Waals surface area (Å²) in [5, 5.41) is 39.7. The van der Waals surface area contributed by atoms with Gasteiger partial charge in [-0.3, -0.25) is 0 Å². The fourth-order valence-corrected chi connectivity index (χ4v) is 2.52. The van der Waals surface area contributed by atoms with E-state index in [9.17, 15) is 20.4 Å². The van der Waals surface area contributed by atoms with E-state index in [-0.39, 0.29) is 0 Å². The zero-order chi connectivity index (χ0) is 15.9. The Kier molecular flexibility index (Phi) is 5.19. The third kappa shape index (κ3) is 3.21. The van der Waals surface area contributed by atoms with Crippen LogP contribution in [0, 0.1) is 0 Å². The summed E-state index contributed by atoms with van der Waals surface area (Å²) < 4.78 is 15.9. The molecule has 0 spiro atoms. The molecule has 0 aromatic rings. The summed E-state index contributed by atoms with van der Waals surface area (Å²) >= 11 is 0. The number of nitrogens with two attached hydrogens (primary N) is 2. The number of aliphatic hydroxyl groups excluding tert-OH is 4. The van der Waals surface area contributed by atoms with Gasteiger partial charge in [0, 0.05) is 0 Å². The highest BCUT2D eigenvalue weighted by molar-refractivity contribution is 4.94. The molecular weight excluding hydrogens is 284 g/mol. The van der Waals surface area contributed by atoms with E-state index in [0.717, 1.165) is 0 Å². The van der Waals surface area contributed by atoms with Gasteiger partial charge in [-0.25, -0.2) is 0 Å². The van der Waals surface area contributed by atoms with Gasteiger partial charge < -0.3 is 46.1 Å². The summed E-state index contributed by atoms with van der Waals surface area (Å²) in [6.45, 7) is 3.23. The molecule has 9 nitrogen and oxygen atoms in total. The zero-order valence-corrected chi connectivity index (χ0v) is 11.9. The van der Waals surface area contributed by atoms with E-state index in [1.54, 1.807) is 13.8 Å². The third-order valence-electron chi connectivity index (χ3n) is 4.11. The Bertz CT molecular complexity index is 360. The molecule has 10 atom stereocenters. The maximum absolute atomic E-state index is 10.1. The number of rotatable bonds is 2. The van der Waals surface area contributed by atoms with Gasteiger partial charge in [-0.15, -0.1) is 0 Å².